The number of rotatable bonds is 3. The van der Waals surface area contributed by atoms with Crippen molar-refractivity contribution >= 4 is 28.9 Å². The first kappa shape index (κ1) is 13.9. The molecule has 21 heavy (non-hydrogen) atoms. The molecular weight excluding hydrogens is 308 g/mol. The van der Waals surface area contributed by atoms with E-state index in [9.17, 15) is 9.90 Å². The molecule has 0 unspecified atom stereocenters. The van der Waals surface area contributed by atoms with Crippen LogP contribution in [-0.4, -0.2) is 20.9 Å². The lowest BCUT2D eigenvalue weighted by molar-refractivity contribution is 0.0697. The molecule has 0 saturated heterocycles. The highest BCUT2D eigenvalue weighted by atomic mass is 35.5. The van der Waals surface area contributed by atoms with Crippen molar-refractivity contribution in [2.45, 2.75) is 6.92 Å². The number of carboxylic acid groups (broad SMARTS) is 1. The predicted octanol–water partition coefficient (Wildman–Crippen LogP) is 4.26. The number of benzene rings is 1. The van der Waals surface area contributed by atoms with E-state index in [0.717, 1.165) is 16.1 Å². The van der Waals surface area contributed by atoms with Gasteiger partial charge in [-0.1, -0.05) is 29.3 Å². The minimum atomic E-state index is -1.01. The van der Waals surface area contributed by atoms with E-state index in [-0.39, 0.29) is 5.56 Å². The van der Waals surface area contributed by atoms with E-state index in [4.69, 9.17) is 11.6 Å². The first-order valence-electron chi connectivity index (χ1n) is 6.20. The second-order valence-corrected chi connectivity index (χ2v) is 6.30. The van der Waals surface area contributed by atoms with Gasteiger partial charge < -0.3 is 5.11 Å². The molecule has 0 aliphatic rings. The fraction of sp³-hybridized carbons (Fsp3) is 0.0667. The Morgan fingerprint density at radius 2 is 1.95 bits per heavy atom. The molecule has 0 radical (unpaired) electrons. The molecule has 0 atom stereocenters. The highest BCUT2D eigenvalue weighted by molar-refractivity contribution is 7.19. The number of carboxylic acids is 1. The largest absolute Gasteiger partial charge is 0.478 e. The molecule has 3 aromatic rings. The summed E-state index contributed by atoms with van der Waals surface area (Å²) in [5.41, 5.74) is 2.54. The molecule has 2 aromatic heterocycles. The summed E-state index contributed by atoms with van der Waals surface area (Å²) in [6.07, 6.45) is 1.52. The van der Waals surface area contributed by atoms with E-state index < -0.39 is 5.97 Å². The molecule has 0 aliphatic carbocycles. The number of aromatic nitrogens is 2. The van der Waals surface area contributed by atoms with Gasteiger partial charge >= 0.3 is 5.97 Å². The first-order valence-corrected chi connectivity index (χ1v) is 7.40. The lowest BCUT2D eigenvalue weighted by Crippen LogP contribution is -1.96. The number of thiophene rings is 1. The molecule has 106 valence electrons. The Bertz CT molecular complexity index is 805. The second kappa shape index (κ2) is 5.35. The Balaban J connectivity index is 2.12. The fourth-order valence-electron chi connectivity index (χ4n) is 1.98. The van der Waals surface area contributed by atoms with E-state index in [2.05, 4.69) is 5.10 Å². The van der Waals surface area contributed by atoms with Gasteiger partial charge in [-0.2, -0.15) is 5.10 Å². The summed E-state index contributed by atoms with van der Waals surface area (Å²) in [5, 5.41) is 13.8. The number of aromatic carboxylic acids is 1. The lowest BCUT2D eigenvalue weighted by atomic mass is 10.2. The van der Waals surface area contributed by atoms with E-state index in [0.29, 0.717) is 10.0 Å². The predicted molar refractivity (Wildman–Crippen MR) is 83.6 cm³/mol. The summed E-state index contributed by atoms with van der Waals surface area (Å²) in [7, 11) is 0. The molecule has 0 spiro atoms. The van der Waals surface area contributed by atoms with Crippen LogP contribution in [0, 0.1) is 6.92 Å². The third-order valence-electron chi connectivity index (χ3n) is 3.05. The van der Waals surface area contributed by atoms with Crippen molar-refractivity contribution in [3.8, 4) is 16.3 Å². The average molecular weight is 319 g/mol. The van der Waals surface area contributed by atoms with Gasteiger partial charge in [0.05, 0.1) is 14.9 Å². The SMILES string of the molecule is Cc1ccc(-n2cc(C(=O)O)c(-c3ccc(Cl)s3)n2)cc1. The molecule has 0 amide bonds. The van der Waals surface area contributed by atoms with Crippen molar-refractivity contribution in [3.05, 3.63) is 58.1 Å². The Kier molecular flexibility index (Phi) is 3.53. The number of hydrogen-bond donors (Lipinski definition) is 1. The first-order chi connectivity index (χ1) is 10.0. The molecule has 0 bridgehead atoms. The van der Waals surface area contributed by atoms with Crippen LogP contribution in [0.15, 0.2) is 42.6 Å². The zero-order chi connectivity index (χ0) is 15.0. The number of hydrogen-bond acceptors (Lipinski definition) is 3. The third kappa shape index (κ3) is 2.70. The molecule has 0 fully saturated rings. The minimum absolute atomic E-state index is 0.161. The Labute approximate surface area is 130 Å². The van der Waals surface area contributed by atoms with Crippen molar-refractivity contribution in [2.75, 3.05) is 0 Å². The van der Waals surface area contributed by atoms with E-state index in [1.54, 1.807) is 16.8 Å². The van der Waals surface area contributed by atoms with Crippen LogP contribution in [0.1, 0.15) is 15.9 Å². The van der Waals surface area contributed by atoms with Crippen LogP contribution in [-0.2, 0) is 0 Å². The lowest BCUT2D eigenvalue weighted by Gasteiger charge is -2.00. The van der Waals surface area contributed by atoms with E-state index >= 15 is 0 Å². The summed E-state index contributed by atoms with van der Waals surface area (Å²) < 4.78 is 2.18. The van der Waals surface area contributed by atoms with Crippen LogP contribution in [0.4, 0.5) is 0 Å². The molecule has 4 nitrogen and oxygen atoms in total. The van der Waals surface area contributed by atoms with E-state index in [1.165, 1.54) is 17.5 Å². The highest BCUT2D eigenvalue weighted by Crippen LogP contribution is 2.32. The normalized spacial score (nSPS) is 10.8. The van der Waals surface area contributed by atoms with Gasteiger partial charge in [0, 0.05) is 6.20 Å². The van der Waals surface area contributed by atoms with Crippen molar-refractivity contribution in [1.82, 2.24) is 9.78 Å². The topological polar surface area (TPSA) is 55.1 Å². The minimum Gasteiger partial charge on any atom is -0.478 e. The van der Waals surface area contributed by atoms with Gasteiger partial charge in [0.25, 0.3) is 0 Å². The third-order valence-corrected chi connectivity index (χ3v) is 4.29. The van der Waals surface area contributed by atoms with Crippen LogP contribution >= 0.6 is 22.9 Å². The zero-order valence-electron chi connectivity index (χ0n) is 11.1. The Morgan fingerprint density at radius 1 is 1.24 bits per heavy atom. The number of halogens is 1. The van der Waals surface area contributed by atoms with Gasteiger partial charge in [-0.05, 0) is 31.2 Å². The monoisotopic (exact) mass is 318 g/mol. The van der Waals surface area contributed by atoms with Crippen LogP contribution in [0.3, 0.4) is 0 Å². The van der Waals surface area contributed by atoms with Crippen molar-refractivity contribution in [2.24, 2.45) is 0 Å². The Hall–Kier alpha value is -2.11. The summed E-state index contributed by atoms with van der Waals surface area (Å²) >= 11 is 7.23. The number of aryl methyl sites for hydroxylation is 1. The quantitative estimate of drug-likeness (QED) is 0.785. The maximum Gasteiger partial charge on any atom is 0.339 e. The molecule has 1 N–H and O–H groups in total. The summed E-state index contributed by atoms with van der Waals surface area (Å²) in [4.78, 5) is 12.2. The molecular formula is C15H11ClN2O2S. The number of nitrogens with zero attached hydrogens (tertiary/aromatic N) is 2. The van der Waals surface area contributed by atoms with Gasteiger partial charge in [-0.3, -0.25) is 0 Å². The van der Waals surface area contributed by atoms with Gasteiger partial charge in [0.2, 0.25) is 0 Å². The molecule has 6 heteroatoms. The van der Waals surface area contributed by atoms with Gasteiger partial charge in [0.1, 0.15) is 11.3 Å². The highest BCUT2D eigenvalue weighted by Gasteiger charge is 2.19. The van der Waals surface area contributed by atoms with Crippen LogP contribution in [0.5, 0.6) is 0 Å². The standard InChI is InChI=1S/C15H11ClN2O2S/c1-9-2-4-10(5-3-9)18-8-11(15(19)20)14(17-18)12-6-7-13(16)21-12/h2-8H,1H3,(H,19,20). The summed E-state index contributed by atoms with van der Waals surface area (Å²) in [6, 6.07) is 11.2. The molecule has 2 heterocycles. The van der Waals surface area contributed by atoms with Gasteiger partial charge in [-0.25, -0.2) is 9.48 Å². The summed E-state index contributed by atoms with van der Waals surface area (Å²) in [6.45, 7) is 1.99. The second-order valence-electron chi connectivity index (χ2n) is 4.58. The van der Waals surface area contributed by atoms with Crippen LogP contribution < -0.4 is 0 Å². The van der Waals surface area contributed by atoms with Crippen molar-refractivity contribution < 1.29 is 9.90 Å². The molecule has 1 aromatic carbocycles. The average Bonchev–Trinajstić information content (AvgIpc) is 3.05. The van der Waals surface area contributed by atoms with Crippen LogP contribution in [0.2, 0.25) is 4.34 Å². The Morgan fingerprint density at radius 3 is 2.52 bits per heavy atom. The van der Waals surface area contributed by atoms with Gasteiger partial charge in [0.15, 0.2) is 0 Å². The molecule has 0 aliphatic heterocycles. The smallest absolute Gasteiger partial charge is 0.339 e. The summed E-state index contributed by atoms with van der Waals surface area (Å²) in [5.74, 6) is -1.01. The molecule has 0 saturated carbocycles. The van der Waals surface area contributed by atoms with E-state index in [1.807, 2.05) is 31.2 Å². The van der Waals surface area contributed by atoms with Crippen molar-refractivity contribution in [1.29, 1.82) is 0 Å². The van der Waals surface area contributed by atoms with Crippen LogP contribution in [0.25, 0.3) is 16.3 Å². The fourth-order valence-corrected chi connectivity index (χ4v) is 3.03. The zero-order valence-corrected chi connectivity index (χ0v) is 12.6. The number of carbonyl (C=O) groups is 1. The molecule has 3 rings (SSSR count). The maximum absolute atomic E-state index is 11.4. The maximum atomic E-state index is 11.4. The van der Waals surface area contributed by atoms with Gasteiger partial charge in [-0.15, -0.1) is 11.3 Å². The van der Waals surface area contributed by atoms with Crippen molar-refractivity contribution in [3.63, 3.8) is 0 Å².